The van der Waals surface area contributed by atoms with Crippen molar-refractivity contribution in [3.8, 4) is 0 Å². The molecule has 1 aliphatic rings. The van der Waals surface area contributed by atoms with Crippen LogP contribution in [0.5, 0.6) is 0 Å². The number of carbonyl (C=O) groups is 1. The van der Waals surface area contributed by atoms with E-state index in [4.69, 9.17) is 10.9 Å². The number of carbonyl (C=O) groups excluding carboxylic acids is 1. The lowest BCUT2D eigenvalue weighted by Gasteiger charge is -2.33. The third kappa shape index (κ3) is 3.97. The topological polar surface area (TPSA) is 78.9 Å². The number of nitrogens with zero attached hydrogens (tertiary/aromatic N) is 2. The van der Waals surface area contributed by atoms with E-state index >= 15 is 0 Å². The molecule has 1 aromatic carbocycles. The van der Waals surface area contributed by atoms with E-state index in [1.165, 1.54) is 5.56 Å². The number of nitrogens with two attached hydrogens (primary N) is 1. The van der Waals surface area contributed by atoms with E-state index < -0.39 is 5.92 Å². The number of oxime groups is 1. The van der Waals surface area contributed by atoms with Gasteiger partial charge in [-0.15, -0.1) is 0 Å². The zero-order valence-corrected chi connectivity index (χ0v) is 12.4. The lowest BCUT2D eigenvalue weighted by atomic mass is 9.89. The minimum Gasteiger partial charge on any atom is -0.409 e. The van der Waals surface area contributed by atoms with Gasteiger partial charge in [0.25, 0.3) is 0 Å². The molecule has 114 valence electrons. The number of amidine groups is 1. The van der Waals surface area contributed by atoms with E-state index in [0.29, 0.717) is 5.92 Å². The summed E-state index contributed by atoms with van der Waals surface area (Å²) in [5.74, 6) is -0.00819. The van der Waals surface area contributed by atoms with Gasteiger partial charge >= 0.3 is 0 Å². The largest absolute Gasteiger partial charge is 0.409 e. The van der Waals surface area contributed by atoms with Crippen LogP contribution in [0.25, 0.3) is 0 Å². The molecule has 0 bridgehead atoms. The van der Waals surface area contributed by atoms with Gasteiger partial charge in [-0.1, -0.05) is 35.5 Å². The molecule has 0 aliphatic carbocycles. The smallest absolute Gasteiger partial charge is 0.233 e. The van der Waals surface area contributed by atoms with Crippen LogP contribution in [0, 0.1) is 11.8 Å². The Balaban J connectivity index is 1.84. The number of hydrogen-bond donors (Lipinski definition) is 2. The van der Waals surface area contributed by atoms with Crippen LogP contribution >= 0.6 is 0 Å². The second-order valence-electron chi connectivity index (χ2n) is 5.70. The SMILES string of the molecule is CC(C(=O)N1CCC(Cc2ccccc2)CC1)C(N)=NO. The Kier molecular flexibility index (Phi) is 5.20. The van der Waals surface area contributed by atoms with Gasteiger partial charge in [-0.05, 0) is 37.7 Å². The van der Waals surface area contributed by atoms with Crippen molar-refractivity contribution in [1.29, 1.82) is 0 Å². The number of hydrogen-bond acceptors (Lipinski definition) is 3. The van der Waals surface area contributed by atoms with Crippen molar-refractivity contribution in [3.05, 3.63) is 35.9 Å². The van der Waals surface area contributed by atoms with E-state index in [0.717, 1.165) is 32.4 Å². The van der Waals surface area contributed by atoms with Crippen molar-refractivity contribution < 1.29 is 10.0 Å². The maximum atomic E-state index is 12.2. The van der Waals surface area contributed by atoms with Crippen LogP contribution in [0.2, 0.25) is 0 Å². The summed E-state index contributed by atoms with van der Waals surface area (Å²) in [6, 6.07) is 10.5. The molecule has 0 saturated carbocycles. The average molecular weight is 289 g/mol. The number of likely N-dealkylation sites (tertiary alicyclic amines) is 1. The molecular formula is C16H23N3O2. The van der Waals surface area contributed by atoms with E-state index in [2.05, 4.69) is 29.4 Å². The Morgan fingerprint density at radius 1 is 1.38 bits per heavy atom. The Morgan fingerprint density at radius 3 is 2.57 bits per heavy atom. The first kappa shape index (κ1) is 15.4. The highest BCUT2D eigenvalue weighted by atomic mass is 16.4. The third-order valence-corrected chi connectivity index (χ3v) is 4.22. The highest BCUT2D eigenvalue weighted by molar-refractivity contribution is 6.01. The predicted molar refractivity (Wildman–Crippen MR) is 82.0 cm³/mol. The number of amides is 1. The second kappa shape index (κ2) is 7.11. The predicted octanol–water partition coefficient (Wildman–Crippen LogP) is 1.85. The first-order valence-electron chi connectivity index (χ1n) is 7.42. The molecule has 0 aromatic heterocycles. The van der Waals surface area contributed by atoms with Gasteiger partial charge in [0.2, 0.25) is 5.91 Å². The number of piperidine rings is 1. The van der Waals surface area contributed by atoms with Crippen LogP contribution in [0.1, 0.15) is 25.3 Å². The van der Waals surface area contributed by atoms with Crippen LogP contribution in [0.3, 0.4) is 0 Å². The minimum atomic E-state index is -0.555. The van der Waals surface area contributed by atoms with Gasteiger partial charge in [-0.25, -0.2) is 0 Å². The molecule has 5 nitrogen and oxygen atoms in total. The van der Waals surface area contributed by atoms with Gasteiger partial charge in [-0.2, -0.15) is 0 Å². The highest BCUT2D eigenvalue weighted by Gasteiger charge is 2.27. The molecule has 21 heavy (non-hydrogen) atoms. The standard InChI is InChI=1S/C16H23N3O2/c1-12(15(17)18-21)16(20)19-9-7-14(8-10-19)11-13-5-3-2-4-6-13/h2-6,12,14,21H,7-11H2,1H3,(H2,17,18). The molecule has 2 rings (SSSR count). The first-order valence-corrected chi connectivity index (χ1v) is 7.42. The van der Waals surface area contributed by atoms with E-state index in [9.17, 15) is 4.79 Å². The Morgan fingerprint density at radius 2 is 2.00 bits per heavy atom. The molecule has 1 aliphatic heterocycles. The Bertz CT molecular complexity index is 494. The zero-order chi connectivity index (χ0) is 15.2. The zero-order valence-electron chi connectivity index (χ0n) is 12.4. The van der Waals surface area contributed by atoms with Crippen LogP contribution < -0.4 is 5.73 Å². The molecule has 3 N–H and O–H groups in total. The van der Waals surface area contributed by atoms with Crippen molar-refractivity contribution in [1.82, 2.24) is 4.90 Å². The van der Waals surface area contributed by atoms with E-state index in [1.807, 2.05) is 11.0 Å². The van der Waals surface area contributed by atoms with Gasteiger partial charge < -0.3 is 15.8 Å². The normalized spacial score (nSPS) is 18.5. The lowest BCUT2D eigenvalue weighted by Crippen LogP contribution is -2.44. The van der Waals surface area contributed by atoms with Gasteiger partial charge in [0, 0.05) is 13.1 Å². The van der Waals surface area contributed by atoms with Crippen LogP contribution in [0.15, 0.2) is 35.5 Å². The summed E-state index contributed by atoms with van der Waals surface area (Å²) in [5, 5.41) is 11.6. The molecule has 0 spiro atoms. The van der Waals surface area contributed by atoms with Crippen molar-refractivity contribution in [2.75, 3.05) is 13.1 Å². The highest BCUT2D eigenvalue weighted by Crippen LogP contribution is 2.22. The summed E-state index contributed by atoms with van der Waals surface area (Å²) in [4.78, 5) is 14.0. The second-order valence-corrected chi connectivity index (χ2v) is 5.70. The first-order chi connectivity index (χ1) is 10.1. The van der Waals surface area contributed by atoms with Crippen LogP contribution in [-0.2, 0) is 11.2 Å². The molecule has 5 heteroatoms. The molecule has 1 fully saturated rings. The fourth-order valence-electron chi connectivity index (χ4n) is 2.79. The Labute approximate surface area is 125 Å². The molecule has 1 heterocycles. The molecule has 1 saturated heterocycles. The van der Waals surface area contributed by atoms with Gasteiger partial charge in [0.05, 0.1) is 5.92 Å². The van der Waals surface area contributed by atoms with Gasteiger partial charge in [0.15, 0.2) is 5.84 Å². The fourth-order valence-corrected chi connectivity index (χ4v) is 2.79. The van der Waals surface area contributed by atoms with E-state index in [-0.39, 0.29) is 11.7 Å². The van der Waals surface area contributed by atoms with Crippen molar-refractivity contribution in [2.24, 2.45) is 22.7 Å². The maximum Gasteiger partial charge on any atom is 0.233 e. The lowest BCUT2D eigenvalue weighted by molar-refractivity contribution is -0.134. The molecule has 1 unspecified atom stereocenters. The van der Waals surface area contributed by atoms with Crippen molar-refractivity contribution in [3.63, 3.8) is 0 Å². The Hall–Kier alpha value is -2.04. The van der Waals surface area contributed by atoms with Gasteiger partial charge in [0.1, 0.15) is 0 Å². The summed E-state index contributed by atoms with van der Waals surface area (Å²) in [6.07, 6.45) is 3.08. The summed E-state index contributed by atoms with van der Waals surface area (Å²) in [5.41, 5.74) is 6.86. The molecular weight excluding hydrogens is 266 g/mol. The molecule has 1 atom stereocenters. The summed E-state index contributed by atoms with van der Waals surface area (Å²) in [7, 11) is 0. The van der Waals surface area contributed by atoms with Crippen LogP contribution in [0.4, 0.5) is 0 Å². The fraction of sp³-hybridized carbons (Fsp3) is 0.500. The molecule has 1 amide bonds. The average Bonchev–Trinajstić information content (AvgIpc) is 2.54. The molecule has 0 radical (unpaired) electrons. The number of rotatable bonds is 4. The maximum absolute atomic E-state index is 12.2. The monoisotopic (exact) mass is 289 g/mol. The van der Waals surface area contributed by atoms with Crippen LogP contribution in [-0.4, -0.2) is 34.9 Å². The summed E-state index contributed by atoms with van der Waals surface area (Å²) >= 11 is 0. The summed E-state index contributed by atoms with van der Waals surface area (Å²) in [6.45, 7) is 3.17. The van der Waals surface area contributed by atoms with Crippen molar-refractivity contribution in [2.45, 2.75) is 26.2 Å². The number of benzene rings is 1. The van der Waals surface area contributed by atoms with E-state index in [1.54, 1.807) is 6.92 Å². The van der Waals surface area contributed by atoms with Crippen molar-refractivity contribution >= 4 is 11.7 Å². The van der Waals surface area contributed by atoms with Gasteiger partial charge in [-0.3, -0.25) is 4.79 Å². The quantitative estimate of drug-likeness (QED) is 0.384. The minimum absolute atomic E-state index is 0.0218. The summed E-state index contributed by atoms with van der Waals surface area (Å²) < 4.78 is 0. The third-order valence-electron chi connectivity index (χ3n) is 4.22. The molecule has 1 aromatic rings.